The molecular weight excluding hydrogens is 336 g/mol. The van der Waals surface area contributed by atoms with Gasteiger partial charge in [0.1, 0.15) is 0 Å². The Morgan fingerprint density at radius 1 is 0.920 bits per heavy atom. The summed E-state index contributed by atoms with van der Waals surface area (Å²) in [5.41, 5.74) is 0. The monoisotopic (exact) mass is 370 g/mol. The SMILES string of the molecule is CCOC(=O)/C=C/CC(C/C=C/C(=O)OCC)O[Si](C)(C)C(C)(C)C. The summed E-state index contributed by atoms with van der Waals surface area (Å²) >= 11 is 0. The fraction of sp³-hybridized carbons (Fsp3) is 0.684. The van der Waals surface area contributed by atoms with Crippen LogP contribution in [0.5, 0.6) is 0 Å². The van der Waals surface area contributed by atoms with E-state index in [9.17, 15) is 9.59 Å². The van der Waals surface area contributed by atoms with Gasteiger partial charge in [-0.15, -0.1) is 0 Å². The maximum absolute atomic E-state index is 11.4. The molecule has 0 aromatic heterocycles. The van der Waals surface area contributed by atoms with Crippen LogP contribution in [0.25, 0.3) is 0 Å². The molecule has 144 valence electrons. The molecule has 6 heteroatoms. The van der Waals surface area contributed by atoms with Crippen LogP contribution in [-0.4, -0.2) is 39.6 Å². The molecule has 0 saturated carbocycles. The summed E-state index contributed by atoms with van der Waals surface area (Å²) in [5.74, 6) is -0.703. The molecule has 0 fully saturated rings. The van der Waals surface area contributed by atoms with Gasteiger partial charge in [0.05, 0.1) is 19.3 Å². The number of carbonyl (C=O) groups is 2. The molecule has 0 aromatic rings. The van der Waals surface area contributed by atoms with E-state index in [4.69, 9.17) is 13.9 Å². The Labute approximate surface area is 153 Å². The van der Waals surface area contributed by atoms with E-state index in [0.29, 0.717) is 26.1 Å². The van der Waals surface area contributed by atoms with E-state index in [2.05, 4.69) is 33.9 Å². The van der Waals surface area contributed by atoms with E-state index in [1.807, 2.05) is 0 Å². The Morgan fingerprint density at radius 3 is 1.64 bits per heavy atom. The minimum absolute atomic E-state index is 0.0843. The molecule has 5 nitrogen and oxygen atoms in total. The molecule has 0 N–H and O–H groups in total. The van der Waals surface area contributed by atoms with Crippen LogP contribution in [0.1, 0.15) is 47.5 Å². The maximum atomic E-state index is 11.4. The normalized spacial score (nSPS) is 13.0. The first-order valence-electron chi connectivity index (χ1n) is 8.87. The number of rotatable bonds is 10. The highest BCUT2D eigenvalue weighted by Crippen LogP contribution is 2.38. The maximum Gasteiger partial charge on any atom is 0.330 e. The third kappa shape index (κ3) is 10.2. The highest BCUT2D eigenvalue weighted by atomic mass is 28.4. The highest BCUT2D eigenvalue weighted by molar-refractivity contribution is 6.74. The third-order valence-electron chi connectivity index (χ3n) is 4.15. The molecule has 0 rings (SSSR count). The molecule has 0 unspecified atom stereocenters. The Morgan fingerprint density at radius 2 is 1.32 bits per heavy atom. The lowest BCUT2D eigenvalue weighted by Gasteiger charge is -2.39. The van der Waals surface area contributed by atoms with E-state index in [0.717, 1.165) is 0 Å². The molecule has 0 bridgehead atoms. The molecule has 0 aliphatic rings. The van der Waals surface area contributed by atoms with Gasteiger partial charge in [0.2, 0.25) is 0 Å². The Bertz CT molecular complexity index is 445. The van der Waals surface area contributed by atoms with Gasteiger partial charge >= 0.3 is 11.9 Å². The molecule has 0 atom stereocenters. The van der Waals surface area contributed by atoms with Crippen molar-refractivity contribution >= 4 is 20.3 Å². The number of hydrogen-bond acceptors (Lipinski definition) is 5. The van der Waals surface area contributed by atoms with E-state index in [1.54, 1.807) is 26.0 Å². The first-order chi connectivity index (χ1) is 11.5. The van der Waals surface area contributed by atoms with Gasteiger partial charge in [0.25, 0.3) is 0 Å². The molecule has 0 saturated heterocycles. The Balaban J connectivity index is 4.93. The van der Waals surface area contributed by atoms with Crippen LogP contribution in [0, 0.1) is 0 Å². The topological polar surface area (TPSA) is 61.8 Å². The number of ether oxygens (including phenoxy) is 2. The molecular formula is C19H34O5Si. The van der Waals surface area contributed by atoms with Crippen molar-refractivity contribution in [3.63, 3.8) is 0 Å². The van der Waals surface area contributed by atoms with E-state index in [1.165, 1.54) is 12.2 Å². The summed E-state index contributed by atoms with van der Waals surface area (Å²) in [6.07, 6.45) is 7.47. The summed E-state index contributed by atoms with van der Waals surface area (Å²) in [4.78, 5) is 22.9. The van der Waals surface area contributed by atoms with E-state index < -0.39 is 8.32 Å². The largest absolute Gasteiger partial charge is 0.463 e. The molecule has 0 radical (unpaired) electrons. The van der Waals surface area contributed by atoms with Gasteiger partial charge in [0, 0.05) is 12.2 Å². The number of hydrogen-bond donors (Lipinski definition) is 0. The molecule has 0 heterocycles. The fourth-order valence-corrected chi connectivity index (χ4v) is 3.18. The zero-order chi connectivity index (χ0) is 19.5. The Kier molecular flexibility index (Phi) is 10.6. The third-order valence-corrected chi connectivity index (χ3v) is 8.68. The van der Waals surface area contributed by atoms with Crippen LogP contribution < -0.4 is 0 Å². The minimum Gasteiger partial charge on any atom is -0.463 e. The second-order valence-electron chi connectivity index (χ2n) is 7.28. The zero-order valence-electron chi connectivity index (χ0n) is 16.8. The second-order valence-corrected chi connectivity index (χ2v) is 12.0. The standard InChI is InChI=1S/C19H34O5Si/c1-8-22-17(20)14-10-12-16(13-11-15-18(21)23-9-2)24-25(6,7)19(3,4)5/h10-11,14-16H,8-9,12-13H2,1-7H3/b14-10+,15-11+. The molecule has 0 spiro atoms. The molecule has 0 aliphatic heterocycles. The van der Waals surface area contributed by atoms with Crippen molar-refractivity contribution in [2.45, 2.75) is 71.7 Å². The minimum atomic E-state index is -1.95. The number of carbonyl (C=O) groups excluding carboxylic acids is 2. The average Bonchev–Trinajstić information content (AvgIpc) is 2.46. The van der Waals surface area contributed by atoms with Crippen LogP contribution >= 0.6 is 0 Å². The van der Waals surface area contributed by atoms with Crippen molar-refractivity contribution in [1.29, 1.82) is 0 Å². The van der Waals surface area contributed by atoms with Crippen molar-refractivity contribution < 1.29 is 23.5 Å². The lowest BCUT2D eigenvalue weighted by molar-refractivity contribution is -0.138. The summed E-state index contributed by atoms with van der Waals surface area (Å²) in [5, 5.41) is 0.0843. The predicted molar refractivity (Wildman–Crippen MR) is 103 cm³/mol. The smallest absolute Gasteiger partial charge is 0.330 e. The van der Waals surface area contributed by atoms with Gasteiger partial charge in [-0.3, -0.25) is 0 Å². The lowest BCUT2D eigenvalue weighted by Crippen LogP contribution is -2.43. The Hall–Kier alpha value is -1.40. The van der Waals surface area contributed by atoms with Crippen LogP contribution in [0.2, 0.25) is 18.1 Å². The van der Waals surface area contributed by atoms with E-state index in [-0.39, 0.29) is 23.1 Å². The van der Waals surface area contributed by atoms with Gasteiger partial charge in [-0.05, 0) is 44.8 Å². The first-order valence-corrected chi connectivity index (χ1v) is 11.8. The van der Waals surface area contributed by atoms with Gasteiger partial charge in [-0.2, -0.15) is 0 Å². The van der Waals surface area contributed by atoms with Crippen LogP contribution in [-0.2, 0) is 23.5 Å². The summed E-state index contributed by atoms with van der Waals surface area (Å²) in [7, 11) is -1.95. The first kappa shape index (κ1) is 23.6. The van der Waals surface area contributed by atoms with Crippen LogP contribution in [0.15, 0.2) is 24.3 Å². The molecule has 25 heavy (non-hydrogen) atoms. The van der Waals surface area contributed by atoms with Gasteiger partial charge in [-0.1, -0.05) is 32.9 Å². The highest BCUT2D eigenvalue weighted by Gasteiger charge is 2.38. The lowest BCUT2D eigenvalue weighted by atomic mass is 10.1. The van der Waals surface area contributed by atoms with Crippen molar-refractivity contribution in [1.82, 2.24) is 0 Å². The van der Waals surface area contributed by atoms with Crippen molar-refractivity contribution in [2.75, 3.05) is 13.2 Å². The van der Waals surface area contributed by atoms with Gasteiger partial charge in [0.15, 0.2) is 8.32 Å². The quantitative estimate of drug-likeness (QED) is 0.324. The fourth-order valence-electron chi connectivity index (χ4n) is 1.80. The summed E-state index contributed by atoms with van der Waals surface area (Å²) in [6, 6.07) is 0. The van der Waals surface area contributed by atoms with E-state index >= 15 is 0 Å². The van der Waals surface area contributed by atoms with Gasteiger partial charge < -0.3 is 13.9 Å². The zero-order valence-corrected chi connectivity index (χ0v) is 17.8. The van der Waals surface area contributed by atoms with Crippen LogP contribution in [0.3, 0.4) is 0 Å². The molecule has 0 amide bonds. The predicted octanol–water partition coefficient (Wildman–Crippen LogP) is 4.40. The molecule has 0 aliphatic carbocycles. The number of esters is 2. The average molecular weight is 371 g/mol. The summed E-state index contributed by atoms with van der Waals surface area (Å²) in [6.45, 7) is 15.2. The second kappa shape index (κ2) is 11.3. The molecule has 0 aromatic carbocycles. The van der Waals surface area contributed by atoms with Crippen molar-refractivity contribution in [2.24, 2.45) is 0 Å². The summed E-state index contributed by atoms with van der Waals surface area (Å²) < 4.78 is 16.2. The van der Waals surface area contributed by atoms with Crippen molar-refractivity contribution in [3.8, 4) is 0 Å². The van der Waals surface area contributed by atoms with Gasteiger partial charge in [-0.25, -0.2) is 9.59 Å². The van der Waals surface area contributed by atoms with Crippen molar-refractivity contribution in [3.05, 3.63) is 24.3 Å². The van der Waals surface area contributed by atoms with Crippen LogP contribution in [0.4, 0.5) is 0 Å².